The molecule has 1 aliphatic carbocycles. The van der Waals surface area contributed by atoms with Gasteiger partial charge in [0.05, 0.1) is 11.1 Å². The van der Waals surface area contributed by atoms with Crippen LogP contribution in [-0.4, -0.2) is 32.9 Å². The van der Waals surface area contributed by atoms with Gasteiger partial charge in [0.1, 0.15) is 11.5 Å². The second-order valence-corrected chi connectivity index (χ2v) is 4.61. The topological polar surface area (TPSA) is 112 Å². The third kappa shape index (κ3) is 1.77. The van der Waals surface area contributed by atoms with Crippen LogP contribution < -0.4 is 0 Å². The number of rotatable bonds is 1. The molecular weight excluding hydrogens is 276 g/mol. The van der Waals surface area contributed by atoms with Crippen molar-refractivity contribution in [2.24, 2.45) is 0 Å². The van der Waals surface area contributed by atoms with E-state index in [4.69, 9.17) is 5.11 Å². The van der Waals surface area contributed by atoms with E-state index in [0.29, 0.717) is 0 Å². The van der Waals surface area contributed by atoms with Crippen LogP contribution in [0, 0.1) is 0 Å². The van der Waals surface area contributed by atoms with Crippen molar-refractivity contribution in [1.29, 1.82) is 0 Å². The van der Waals surface area contributed by atoms with Gasteiger partial charge in [-0.3, -0.25) is 9.59 Å². The van der Waals surface area contributed by atoms with Crippen molar-refractivity contribution in [1.82, 2.24) is 0 Å². The van der Waals surface area contributed by atoms with E-state index < -0.39 is 23.3 Å². The molecule has 0 radical (unpaired) electrons. The molecule has 0 fully saturated rings. The minimum Gasteiger partial charge on any atom is -0.508 e. The highest BCUT2D eigenvalue weighted by atomic mass is 16.4. The molecule has 0 amide bonds. The number of carbonyl (C=O) groups is 3. The third-order valence-corrected chi connectivity index (χ3v) is 3.33. The van der Waals surface area contributed by atoms with E-state index in [0.717, 1.165) is 18.2 Å². The van der Waals surface area contributed by atoms with Crippen molar-refractivity contribution in [2.45, 2.75) is 0 Å². The molecule has 0 bridgehead atoms. The number of phenolic OH excluding ortho intramolecular Hbond substituents is 2. The van der Waals surface area contributed by atoms with Crippen molar-refractivity contribution >= 4 is 17.5 Å². The van der Waals surface area contributed by atoms with Gasteiger partial charge in [-0.2, -0.15) is 0 Å². The lowest BCUT2D eigenvalue weighted by Crippen LogP contribution is -2.21. The molecule has 0 unspecified atom stereocenters. The van der Waals surface area contributed by atoms with Crippen LogP contribution in [0.4, 0.5) is 0 Å². The molecule has 0 aromatic heterocycles. The summed E-state index contributed by atoms with van der Waals surface area (Å²) in [6, 6.07) is 5.67. The van der Waals surface area contributed by atoms with Gasteiger partial charge in [-0.15, -0.1) is 0 Å². The molecule has 2 aromatic rings. The van der Waals surface area contributed by atoms with E-state index in [1.807, 2.05) is 0 Å². The highest BCUT2D eigenvalue weighted by Gasteiger charge is 2.33. The van der Waals surface area contributed by atoms with Gasteiger partial charge in [0, 0.05) is 16.7 Å². The lowest BCUT2D eigenvalue weighted by molar-refractivity contribution is 0.0696. The zero-order valence-corrected chi connectivity index (χ0v) is 10.5. The number of carboxylic acid groups (broad SMARTS) is 1. The molecule has 3 N–H and O–H groups in total. The average Bonchev–Trinajstić information content (AvgIpc) is 2.43. The maximum atomic E-state index is 12.4. The molecule has 104 valence electrons. The molecule has 0 spiro atoms. The fourth-order valence-corrected chi connectivity index (χ4v) is 2.37. The molecule has 0 heterocycles. The Morgan fingerprint density at radius 1 is 0.857 bits per heavy atom. The first-order chi connectivity index (χ1) is 9.90. The van der Waals surface area contributed by atoms with Gasteiger partial charge in [0.25, 0.3) is 0 Å². The van der Waals surface area contributed by atoms with Crippen LogP contribution in [0.1, 0.15) is 42.2 Å². The largest absolute Gasteiger partial charge is 0.508 e. The van der Waals surface area contributed by atoms with Crippen LogP contribution in [0.5, 0.6) is 11.5 Å². The Morgan fingerprint density at radius 2 is 1.57 bits per heavy atom. The Bertz CT molecular complexity index is 834. The molecule has 0 aliphatic heterocycles. The molecule has 0 atom stereocenters. The number of fused-ring (bicyclic) bond motifs is 2. The van der Waals surface area contributed by atoms with Crippen LogP contribution in [-0.2, 0) is 0 Å². The SMILES string of the molecule is O=C(O)c1cc(O)c2c(c1)C(=O)c1ccc(O)cc1C2=O. The zero-order valence-electron chi connectivity index (χ0n) is 10.5. The second kappa shape index (κ2) is 4.17. The summed E-state index contributed by atoms with van der Waals surface area (Å²) >= 11 is 0. The Morgan fingerprint density at radius 3 is 2.24 bits per heavy atom. The number of benzene rings is 2. The highest BCUT2D eigenvalue weighted by Crippen LogP contribution is 2.35. The van der Waals surface area contributed by atoms with Gasteiger partial charge < -0.3 is 15.3 Å². The van der Waals surface area contributed by atoms with E-state index in [2.05, 4.69) is 0 Å². The molecule has 0 saturated carbocycles. The summed E-state index contributed by atoms with van der Waals surface area (Å²) < 4.78 is 0. The van der Waals surface area contributed by atoms with Gasteiger partial charge in [0.15, 0.2) is 11.6 Å². The van der Waals surface area contributed by atoms with Crippen molar-refractivity contribution in [3.8, 4) is 11.5 Å². The van der Waals surface area contributed by atoms with E-state index in [-0.39, 0.29) is 33.6 Å². The molecule has 2 aromatic carbocycles. The Hall–Kier alpha value is -3.15. The first kappa shape index (κ1) is 12.9. The number of carbonyl (C=O) groups excluding carboxylic acids is 2. The lowest BCUT2D eigenvalue weighted by atomic mass is 9.82. The van der Waals surface area contributed by atoms with E-state index >= 15 is 0 Å². The molecule has 21 heavy (non-hydrogen) atoms. The van der Waals surface area contributed by atoms with Crippen molar-refractivity contribution < 1.29 is 29.7 Å². The monoisotopic (exact) mass is 284 g/mol. The Balaban J connectivity index is 2.32. The number of hydrogen-bond donors (Lipinski definition) is 3. The van der Waals surface area contributed by atoms with Gasteiger partial charge in [0.2, 0.25) is 0 Å². The van der Waals surface area contributed by atoms with Crippen molar-refractivity contribution in [3.63, 3.8) is 0 Å². The number of ketones is 2. The number of hydrogen-bond acceptors (Lipinski definition) is 5. The van der Waals surface area contributed by atoms with Crippen LogP contribution in [0.2, 0.25) is 0 Å². The Kier molecular flexibility index (Phi) is 2.56. The van der Waals surface area contributed by atoms with Crippen LogP contribution in [0.15, 0.2) is 30.3 Å². The van der Waals surface area contributed by atoms with Gasteiger partial charge in [-0.25, -0.2) is 4.79 Å². The standard InChI is InChI=1S/C15H8O6/c16-7-1-2-8-9(5-7)14(19)12-10(13(8)18)3-6(15(20)21)4-11(12)17/h1-5,16-17H,(H,20,21). The summed E-state index contributed by atoms with van der Waals surface area (Å²) in [7, 11) is 0. The van der Waals surface area contributed by atoms with Gasteiger partial charge in [-0.05, 0) is 30.3 Å². The summed E-state index contributed by atoms with van der Waals surface area (Å²) in [6.07, 6.45) is 0. The first-order valence-electron chi connectivity index (χ1n) is 5.93. The van der Waals surface area contributed by atoms with Crippen LogP contribution >= 0.6 is 0 Å². The van der Waals surface area contributed by atoms with Gasteiger partial charge >= 0.3 is 5.97 Å². The molecule has 3 rings (SSSR count). The molecule has 6 nitrogen and oxygen atoms in total. The normalized spacial score (nSPS) is 12.8. The summed E-state index contributed by atoms with van der Waals surface area (Å²) in [5.74, 6) is -3.27. The number of phenols is 2. The number of aromatic carboxylic acids is 1. The minimum atomic E-state index is -1.31. The predicted molar refractivity (Wildman–Crippen MR) is 70.0 cm³/mol. The lowest BCUT2D eigenvalue weighted by Gasteiger charge is -2.18. The fourth-order valence-electron chi connectivity index (χ4n) is 2.37. The minimum absolute atomic E-state index is 0.0223. The molecular formula is C15H8O6. The quantitative estimate of drug-likeness (QED) is 0.625. The zero-order chi connectivity index (χ0) is 15.3. The maximum absolute atomic E-state index is 12.4. The highest BCUT2D eigenvalue weighted by molar-refractivity contribution is 6.29. The van der Waals surface area contributed by atoms with E-state index in [1.54, 1.807) is 0 Å². The fraction of sp³-hybridized carbons (Fsp3) is 0. The summed E-state index contributed by atoms with van der Waals surface area (Å²) in [5, 5.41) is 28.2. The maximum Gasteiger partial charge on any atom is 0.335 e. The van der Waals surface area contributed by atoms with Crippen LogP contribution in [0.3, 0.4) is 0 Å². The van der Waals surface area contributed by atoms with Crippen molar-refractivity contribution in [2.75, 3.05) is 0 Å². The molecule has 6 heteroatoms. The van der Waals surface area contributed by atoms with Crippen molar-refractivity contribution in [3.05, 3.63) is 58.1 Å². The van der Waals surface area contributed by atoms with E-state index in [9.17, 15) is 24.6 Å². The molecule has 0 saturated heterocycles. The summed E-state index contributed by atoms with van der Waals surface area (Å²) in [4.78, 5) is 35.7. The van der Waals surface area contributed by atoms with Crippen LogP contribution in [0.25, 0.3) is 0 Å². The predicted octanol–water partition coefficient (Wildman–Crippen LogP) is 1.57. The van der Waals surface area contributed by atoms with Gasteiger partial charge in [-0.1, -0.05) is 0 Å². The number of carboxylic acids is 1. The third-order valence-electron chi connectivity index (χ3n) is 3.33. The van der Waals surface area contributed by atoms with E-state index in [1.165, 1.54) is 12.1 Å². The number of aromatic hydroxyl groups is 2. The second-order valence-electron chi connectivity index (χ2n) is 4.61. The molecule has 1 aliphatic rings. The Labute approximate surface area is 117 Å². The summed E-state index contributed by atoms with van der Waals surface area (Å²) in [5.41, 5.74) is -0.647. The first-order valence-corrected chi connectivity index (χ1v) is 5.93. The smallest absolute Gasteiger partial charge is 0.335 e. The summed E-state index contributed by atoms with van der Waals surface area (Å²) in [6.45, 7) is 0. The average molecular weight is 284 g/mol.